The highest BCUT2D eigenvalue weighted by Gasteiger charge is 2.36. The van der Waals surface area contributed by atoms with Gasteiger partial charge in [0, 0.05) is 24.2 Å². The Hall–Kier alpha value is -2.10. The summed E-state index contributed by atoms with van der Waals surface area (Å²) < 4.78 is 66.9. The smallest absolute Gasteiger partial charge is 0.339 e. The minimum absolute atomic E-state index is 0.0690. The lowest BCUT2D eigenvalue weighted by atomic mass is 10.0. The average molecular weight is 447 g/mol. The van der Waals surface area contributed by atoms with Gasteiger partial charge in [-0.15, -0.1) is 0 Å². The van der Waals surface area contributed by atoms with E-state index in [0.29, 0.717) is 17.9 Å². The molecule has 1 saturated heterocycles. The van der Waals surface area contributed by atoms with E-state index in [1.807, 2.05) is 0 Å². The molecule has 10 heteroatoms. The first-order valence-corrected chi connectivity index (χ1v) is 10.7. The van der Waals surface area contributed by atoms with Crippen LogP contribution in [0.25, 0.3) is 0 Å². The number of likely N-dealkylation sites (tertiary alicyclic amines) is 1. The van der Waals surface area contributed by atoms with Crippen molar-refractivity contribution in [1.82, 2.24) is 9.62 Å². The van der Waals surface area contributed by atoms with Gasteiger partial charge in [0.2, 0.25) is 10.0 Å². The van der Waals surface area contributed by atoms with Crippen molar-refractivity contribution in [2.75, 3.05) is 13.1 Å². The van der Waals surface area contributed by atoms with Crippen molar-refractivity contribution in [1.29, 1.82) is 0 Å². The van der Waals surface area contributed by atoms with Gasteiger partial charge in [-0.1, -0.05) is 23.7 Å². The van der Waals surface area contributed by atoms with Crippen LogP contribution < -0.4 is 4.72 Å². The van der Waals surface area contributed by atoms with Gasteiger partial charge in [-0.3, -0.25) is 4.79 Å². The molecular weight excluding hydrogens is 429 g/mol. The van der Waals surface area contributed by atoms with E-state index >= 15 is 0 Å². The highest BCUT2D eigenvalue weighted by Crippen LogP contribution is 2.32. The standard InChI is InChI=1S/C19H18ClF3N2O3S/c20-13-5-7-15(8-6-13)29(27,28)24-14-9-11-25(12-10-14)18(26)16-3-1-2-4-17(16)19(21,22)23/h1-8,14,24H,9-12H2. The van der Waals surface area contributed by atoms with Crippen LogP contribution in [0.15, 0.2) is 53.4 Å². The summed E-state index contributed by atoms with van der Waals surface area (Å²) in [7, 11) is -3.75. The fourth-order valence-electron chi connectivity index (χ4n) is 3.19. The predicted molar refractivity (Wildman–Crippen MR) is 102 cm³/mol. The van der Waals surface area contributed by atoms with E-state index in [1.165, 1.54) is 41.3 Å². The lowest BCUT2D eigenvalue weighted by Gasteiger charge is -2.32. The van der Waals surface area contributed by atoms with Gasteiger partial charge in [0.1, 0.15) is 0 Å². The van der Waals surface area contributed by atoms with Crippen molar-refractivity contribution in [2.45, 2.75) is 30.0 Å². The molecule has 1 aliphatic rings. The molecule has 29 heavy (non-hydrogen) atoms. The summed E-state index contributed by atoms with van der Waals surface area (Å²) in [5, 5.41) is 0.412. The Balaban J connectivity index is 1.65. The van der Waals surface area contributed by atoms with E-state index in [1.54, 1.807) is 0 Å². The first-order valence-electron chi connectivity index (χ1n) is 8.81. The molecule has 0 radical (unpaired) electrons. The van der Waals surface area contributed by atoms with E-state index in [-0.39, 0.29) is 18.0 Å². The minimum Gasteiger partial charge on any atom is -0.339 e. The van der Waals surface area contributed by atoms with Crippen LogP contribution in [0.3, 0.4) is 0 Å². The third-order valence-electron chi connectivity index (χ3n) is 4.69. The third-order valence-corrected chi connectivity index (χ3v) is 6.48. The SMILES string of the molecule is O=C(c1ccccc1C(F)(F)F)N1CCC(NS(=O)(=O)c2ccc(Cl)cc2)CC1. The molecule has 1 amide bonds. The summed E-state index contributed by atoms with van der Waals surface area (Å²) in [6.07, 6.45) is -4.03. The van der Waals surface area contributed by atoms with Gasteiger partial charge in [0.25, 0.3) is 5.91 Å². The first kappa shape index (κ1) is 21.6. The van der Waals surface area contributed by atoms with Crippen LogP contribution in [-0.2, 0) is 16.2 Å². The van der Waals surface area contributed by atoms with Crippen LogP contribution in [0.1, 0.15) is 28.8 Å². The number of halogens is 4. The first-order chi connectivity index (χ1) is 13.6. The van der Waals surface area contributed by atoms with Crippen LogP contribution >= 0.6 is 11.6 Å². The maximum absolute atomic E-state index is 13.2. The normalized spacial score (nSPS) is 16.1. The monoisotopic (exact) mass is 446 g/mol. The topological polar surface area (TPSA) is 66.5 Å². The molecule has 0 aliphatic carbocycles. The Morgan fingerprint density at radius 1 is 1.03 bits per heavy atom. The summed E-state index contributed by atoms with van der Waals surface area (Å²) >= 11 is 5.77. The Morgan fingerprint density at radius 3 is 2.21 bits per heavy atom. The number of alkyl halides is 3. The van der Waals surface area contributed by atoms with Gasteiger partial charge in [0.05, 0.1) is 16.0 Å². The second-order valence-electron chi connectivity index (χ2n) is 6.69. The zero-order valence-corrected chi connectivity index (χ0v) is 16.7. The van der Waals surface area contributed by atoms with Crippen molar-refractivity contribution in [3.63, 3.8) is 0 Å². The van der Waals surface area contributed by atoms with Crippen LogP contribution in [-0.4, -0.2) is 38.4 Å². The third kappa shape index (κ3) is 5.09. The Labute approximate surface area is 171 Å². The van der Waals surface area contributed by atoms with Gasteiger partial charge >= 0.3 is 6.18 Å². The highest BCUT2D eigenvalue weighted by molar-refractivity contribution is 7.89. The van der Waals surface area contributed by atoms with Gasteiger partial charge in [-0.25, -0.2) is 13.1 Å². The second kappa shape index (κ2) is 8.33. The number of hydrogen-bond donors (Lipinski definition) is 1. The molecule has 1 heterocycles. The zero-order valence-electron chi connectivity index (χ0n) is 15.1. The zero-order chi connectivity index (χ0) is 21.2. The van der Waals surface area contributed by atoms with Crippen LogP contribution in [0.2, 0.25) is 5.02 Å². The second-order valence-corrected chi connectivity index (χ2v) is 8.84. The molecular formula is C19H18ClF3N2O3S. The number of amides is 1. The molecule has 5 nitrogen and oxygen atoms in total. The van der Waals surface area contributed by atoms with Gasteiger partial charge < -0.3 is 4.90 Å². The van der Waals surface area contributed by atoms with E-state index in [0.717, 1.165) is 12.1 Å². The van der Waals surface area contributed by atoms with Gasteiger partial charge in [-0.2, -0.15) is 13.2 Å². The van der Waals surface area contributed by atoms with Crippen LogP contribution in [0.4, 0.5) is 13.2 Å². The lowest BCUT2D eigenvalue weighted by molar-refractivity contribution is -0.138. The van der Waals surface area contributed by atoms with Gasteiger partial charge in [0.15, 0.2) is 0 Å². The predicted octanol–water partition coefficient (Wildman–Crippen LogP) is 3.94. The molecule has 1 N–H and O–H groups in total. The summed E-state index contributed by atoms with van der Waals surface area (Å²) in [5.74, 6) is -0.711. The molecule has 0 unspecified atom stereocenters. The molecule has 1 fully saturated rings. The largest absolute Gasteiger partial charge is 0.417 e. The number of rotatable bonds is 4. The maximum Gasteiger partial charge on any atom is 0.417 e. The molecule has 1 aliphatic heterocycles. The average Bonchev–Trinajstić information content (AvgIpc) is 2.67. The number of nitrogens with one attached hydrogen (secondary N) is 1. The van der Waals surface area contributed by atoms with Crippen molar-refractivity contribution >= 4 is 27.5 Å². The molecule has 2 aromatic carbocycles. The van der Waals surface area contributed by atoms with Crippen molar-refractivity contribution < 1.29 is 26.4 Å². The lowest BCUT2D eigenvalue weighted by Crippen LogP contribution is -2.46. The van der Waals surface area contributed by atoms with Gasteiger partial charge in [-0.05, 0) is 49.2 Å². The molecule has 0 spiro atoms. The highest BCUT2D eigenvalue weighted by atomic mass is 35.5. The number of piperidine rings is 1. The summed E-state index contributed by atoms with van der Waals surface area (Å²) in [6.45, 7) is 0.303. The summed E-state index contributed by atoms with van der Waals surface area (Å²) in [4.78, 5) is 14.0. The molecule has 0 aromatic heterocycles. The number of carbonyl (C=O) groups excluding carboxylic acids is 1. The van der Waals surface area contributed by atoms with Crippen molar-refractivity contribution in [3.05, 3.63) is 64.7 Å². The minimum atomic E-state index is -4.63. The molecule has 3 rings (SSSR count). The van der Waals surface area contributed by atoms with E-state index in [4.69, 9.17) is 11.6 Å². The Bertz CT molecular complexity index is 987. The number of hydrogen-bond acceptors (Lipinski definition) is 3. The number of nitrogens with zero attached hydrogens (tertiary/aromatic N) is 1. The fourth-order valence-corrected chi connectivity index (χ4v) is 4.62. The Kier molecular flexibility index (Phi) is 6.21. The van der Waals surface area contributed by atoms with Crippen molar-refractivity contribution in [2.24, 2.45) is 0 Å². The van der Waals surface area contributed by atoms with Crippen LogP contribution in [0, 0.1) is 0 Å². The molecule has 156 valence electrons. The Morgan fingerprint density at radius 2 is 1.62 bits per heavy atom. The number of sulfonamides is 1. The maximum atomic E-state index is 13.2. The van der Waals surface area contributed by atoms with E-state index in [2.05, 4.69) is 4.72 Å². The fraction of sp³-hybridized carbons (Fsp3) is 0.316. The number of benzene rings is 2. The number of carbonyl (C=O) groups is 1. The van der Waals surface area contributed by atoms with E-state index in [9.17, 15) is 26.4 Å². The molecule has 0 saturated carbocycles. The summed E-state index contributed by atoms with van der Waals surface area (Å²) in [5.41, 5.74) is -1.38. The molecule has 0 atom stereocenters. The quantitative estimate of drug-likeness (QED) is 0.773. The van der Waals surface area contributed by atoms with E-state index < -0.39 is 39.3 Å². The molecule has 0 bridgehead atoms. The summed E-state index contributed by atoms with van der Waals surface area (Å²) in [6, 6.07) is 9.94. The van der Waals surface area contributed by atoms with Crippen molar-refractivity contribution in [3.8, 4) is 0 Å². The van der Waals surface area contributed by atoms with Crippen LogP contribution in [0.5, 0.6) is 0 Å². The molecule has 2 aromatic rings.